The van der Waals surface area contributed by atoms with E-state index >= 15 is 0 Å². The number of allylic oxidation sites excluding steroid dienone is 4. The number of hydrogen-bond acceptors (Lipinski definition) is 1. The number of rotatable bonds is 7. The van der Waals surface area contributed by atoms with Gasteiger partial charge in [0.05, 0.1) is 6.10 Å². The van der Waals surface area contributed by atoms with Crippen molar-refractivity contribution in [2.24, 2.45) is 35.0 Å². The van der Waals surface area contributed by atoms with Crippen molar-refractivity contribution in [1.82, 2.24) is 0 Å². The predicted octanol–water partition coefficient (Wildman–Crippen LogP) is 8.26. The number of hydrogen-bond donors (Lipinski definition) is 1. The average Bonchev–Trinajstić information content (AvgIpc) is 3.06. The van der Waals surface area contributed by atoms with Crippen molar-refractivity contribution in [3.05, 3.63) is 35.5 Å². The summed E-state index contributed by atoms with van der Waals surface area (Å²) in [6.45, 7) is 16.6. The summed E-state index contributed by atoms with van der Waals surface area (Å²) in [6, 6.07) is 0. The van der Waals surface area contributed by atoms with Gasteiger partial charge in [-0.3, -0.25) is 0 Å². The molecule has 0 unspecified atom stereocenters. The molecule has 3 aliphatic carbocycles. The van der Waals surface area contributed by atoms with Gasteiger partial charge in [0.1, 0.15) is 0 Å². The van der Waals surface area contributed by atoms with Gasteiger partial charge in [-0.15, -0.1) is 0 Å². The van der Waals surface area contributed by atoms with E-state index in [2.05, 4.69) is 53.3 Å². The molecule has 0 aromatic rings. The minimum atomic E-state index is -0.175. The highest BCUT2D eigenvalue weighted by molar-refractivity contribution is 5.36. The first-order chi connectivity index (χ1) is 14.3. The van der Waals surface area contributed by atoms with Crippen molar-refractivity contribution in [2.45, 2.75) is 111 Å². The molecule has 6 atom stereocenters. The Hall–Kier alpha value is -0.820. The lowest BCUT2D eigenvalue weighted by molar-refractivity contribution is 0.0900. The number of fused-ring (bicyclic) bond motifs is 1. The maximum Gasteiger partial charge on any atom is 0.0583 e. The van der Waals surface area contributed by atoms with Crippen LogP contribution < -0.4 is 0 Å². The molecule has 0 aromatic carbocycles. The van der Waals surface area contributed by atoms with Gasteiger partial charge in [-0.1, -0.05) is 77.3 Å². The Morgan fingerprint density at radius 3 is 2.57 bits per heavy atom. The first-order valence-electron chi connectivity index (χ1n) is 13.0. The van der Waals surface area contributed by atoms with Gasteiger partial charge in [-0.25, -0.2) is 0 Å². The van der Waals surface area contributed by atoms with Crippen LogP contribution in [0.3, 0.4) is 0 Å². The molecule has 1 nitrogen and oxygen atoms in total. The molecule has 0 aromatic heterocycles. The van der Waals surface area contributed by atoms with Crippen LogP contribution in [0.15, 0.2) is 35.5 Å². The van der Waals surface area contributed by atoms with E-state index in [0.29, 0.717) is 5.41 Å². The quantitative estimate of drug-likeness (QED) is 0.446. The molecule has 3 fully saturated rings. The average molecular weight is 413 g/mol. The third-order valence-electron chi connectivity index (χ3n) is 9.37. The molecule has 0 spiro atoms. The first kappa shape index (κ1) is 23.8. The maximum atomic E-state index is 10.1. The van der Waals surface area contributed by atoms with E-state index in [0.717, 1.165) is 48.9 Å². The summed E-state index contributed by atoms with van der Waals surface area (Å²) in [7, 11) is 0. The molecule has 0 heterocycles. The third kappa shape index (κ3) is 5.14. The normalized spacial score (nSPS) is 37.0. The topological polar surface area (TPSA) is 20.2 Å². The molecule has 30 heavy (non-hydrogen) atoms. The minimum Gasteiger partial charge on any atom is -0.393 e. The van der Waals surface area contributed by atoms with E-state index < -0.39 is 0 Å². The molecule has 0 saturated heterocycles. The van der Waals surface area contributed by atoms with Crippen LogP contribution in [0, 0.1) is 35.0 Å². The van der Waals surface area contributed by atoms with Crippen LogP contribution in [0.25, 0.3) is 0 Å². The van der Waals surface area contributed by atoms with E-state index in [1.54, 1.807) is 5.57 Å². The van der Waals surface area contributed by atoms with Crippen LogP contribution >= 0.6 is 0 Å². The van der Waals surface area contributed by atoms with Crippen molar-refractivity contribution in [3.63, 3.8) is 0 Å². The molecule has 0 amide bonds. The first-order valence-corrected chi connectivity index (χ1v) is 13.0. The van der Waals surface area contributed by atoms with Crippen LogP contribution in [0.1, 0.15) is 105 Å². The zero-order valence-electron chi connectivity index (χ0n) is 20.6. The summed E-state index contributed by atoms with van der Waals surface area (Å²) >= 11 is 0. The fraction of sp³-hybridized carbons (Fsp3) is 0.793. The molecule has 0 bridgehead atoms. The Balaban J connectivity index is 1.69. The summed E-state index contributed by atoms with van der Waals surface area (Å²) in [4.78, 5) is 0. The molecule has 1 heteroatoms. The molecule has 1 N–H and O–H groups in total. The van der Waals surface area contributed by atoms with E-state index in [1.807, 2.05) is 0 Å². The highest BCUT2D eigenvalue weighted by Crippen LogP contribution is 2.60. The van der Waals surface area contributed by atoms with Gasteiger partial charge >= 0.3 is 0 Å². The lowest BCUT2D eigenvalue weighted by Crippen LogP contribution is -2.36. The zero-order valence-corrected chi connectivity index (χ0v) is 20.6. The number of aliphatic hydroxyl groups is 1. The monoisotopic (exact) mass is 412 g/mol. The third-order valence-corrected chi connectivity index (χ3v) is 9.37. The smallest absolute Gasteiger partial charge is 0.0583 e. The van der Waals surface area contributed by atoms with E-state index in [9.17, 15) is 5.11 Å². The van der Waals surface area contributed by atoms with Crippen molar-refractivity contribution in [3.8, 4) is 0 Å². The van der Waals surface area contributed by atoms with Gasteiger partial charge < -0.3 is 5.11 Å². The molecule has 0 radical (unpaired) electrons. The predicted molar refractivity (Wildman–Crippen MR) is 130 cm³/mol. The highest BCUT2D eigenvalue weighted by atomic mass is 16.3. The lowest BCUT2D eigenvalue weighted by Gasteiger charge is -2.44. The minimum absolute atomic E-state index is 0.175. The van der Waals surface area contributed by atoms with Gasteiger partial charge in [0, 0.05) is 0 Å². The second kappa shape index (κ2) is 10.2. The van der Waals surface area contributed by atoms with Crippen molar-refractivity contribution in [1.29, 1.82) is 0 Å². The summed E-state index contributed by atoms with van der Waals surface area (Å²) in [5.74, 6) is 4.21. The second-order valence-corrected chi connectivity index (χ2v) is 11.5. The van der Waals surface area contributed by atoms with Crippen molar-refractivity contribution < 1.29 is 5.11 Å². The second-order valence-electron chi connectivity index (χ2n) is 11.5. The van der Waals surface area contributed by atoms with Gasteiger partial charge in [-0.05, 0) is 98.4 Å². The molecule has 3 rings (SSSR count). The van der Waals surface area contributed by atoms with Crippen LogP contribution in [-0.4, -0.2) is 11.2 Å². The molecule has 170 valence electrons. The van der Waals surface area contributed by atoms with Crippen LogP contribution in [-0.2, 0) is 0 Å². The summed E-state index contributed by atoms with van der Waals surface area (Å²) in [6.07, 6.45) is 18.2. The highest BCUT2D eigenvalue weighted by Gasteiger charge is 2.50. The number of aliphatic hydroxyl groups excluding tert-OH is 1. The van der Waals surface area contributed by atoms with E-state index in [1.165, 1.54) is 62.5 Å². The van der Waals surface area contributed by atoms with Gasteiger partial charge in [-0.2, -0.15) is 0 Å². The fourth-order valence-electron chi connectivity index (χ4n) is 7.30. The van der Waals surface area contributed by atoms with Crippen LogP contribution in [0.5, 0.6) is 0 Å². The largest absolute Gasteiger partial charge is 0.393 e. The van der Waals surface area contributed by atoms with Gasteiger partial charge in [0.25, 0.3) is 0 Å². The Labute approximate surface area is 187 Å². The zero-order chi connectivity index (χ0) is 21.9. The molecule has 0 aliphatic heterocycles. The Morgan fingerprint density at radius 2 is 1.87 bits per heavy atom. The van der Waals surface area contributed by atoms with Gasteiger partial charge in [0.15, 0.2) is 0 Å². The lowest BCUT2D eigenvalue weighted by atomic mass is 9.60. The van der Waals surface area contributed by atoms with Crippen LogP contribution in [0.2, 0.25) is 0 Å². The summed E-state index contributed by atoms with van der Waals surface area (Å²) in [5, 5.41) is 10.1. The Morgan fingerprint density at radius 1 is 1.10 bits per heavy atom. The maximum absolute atomic E-state index is 10.1. The van der Waals surface area contributed by atoms with Gasteiger partial charge in [0.2, 0.25) is 0 Å². The summed E-state index contributed by atoms with van der Waals surface area (Å²) in [5.41, 5.74) is 4.71. The van der Waals surface area contributed by atoms with E-state index in [4.69, 9.17) is 0 Å². The Kier molecular flexibility index (Phi) is 8.10. The van der Waals surface area contributed by atoms with E-state index in [-0.39, 0.29) is 6.10 Å². The Bertz CT molecular complexity index is 653. The van der Waals surface area contributed by atoms with Crippen molar-refractivity contribution in [2.75, 3.05) is 0 Å². The molecular weight excluding hydrogens is 364 g/mol. The molecular formula is C29H48O. The molecule has 3 aliphatic rings. The summed E-state index contributed by atoms with van der Waals surface area (Å²) < 4.78 is 0. The van der Waals surface area contributed by atoms with Crippen molar-refractivity contribution >= 4 is 0 Å². The van der Waals surface area contributed by atoms with Crippen LogP contribution in [0.4, 0.5) is 0 Å². The molecule has 3 saturated carbocycles. The fourth-order valence-corrected chi connectivity index (χ4v) is 7.30. The SMILES string of the molecule is C=C1CC[C@@H](O)C/C1=C/C=C1\CCC[C@]2(C)[C@@H]([C@H](C)CC[C@@H](CC)C(C)C)CC[C@@H]12. The standard InChI is InChI=1S/C29H48O/c1-7-23(20(2)3)12-10-22(5)27-16-17-28-24(9-8-18-29(27,28)6)13-14-25-19-26(30)15-11-21(25)4/h13-14,20,22-23,26-28,30H,4,7-12,15-19H2,1-3,5-6H3/b24-13+,25-14-/t22-,23-,26-,27-,28+,29-/m1/s1.